The van der Waals surface area contributed by atoms with Gasteiger partial charge in [0, 0.05) is 17.4 Å². The summed E-state index contributed by atoms with van der Waals surface area (Å²) in [5, 5.41) is 8.86. The Morgan fingerprint density at radius 2 is 1.50 bits per heavy atom. The second-order valence-electron chi connectivity index (χ2n) is 7.28. The zero-order valence-electron chi connectivity index (χ0n) is 15.6. The van der Waals surface area contributed by atoms with Gasteiger partial charge in [-0.05, 0) is 31.4 Å². The van der Waals surface area contributed by atoms with Crippen LogP contribution in [-0.4, -0.2) is 32.7 Å². The third-order valence-electron chi connectivity index (χ3n) is 5.09. The van der Waals surface area contributed by atoms with Gasteiger partial charge in [-0.1, -0.05) is 31.9 Å². The van der Waals surface area contributed by atoms with Gasteiger partial charge in [-0.2, -0.15) is 5.26 Å². The molecule has 0 unspecified atom stereocenters. The van der Waals surface area contributed by atoms with Gasteiger partial charge >= 0.3 is 0 Å². The minimum absolute atomic E-state index is 0.0795. The molecule has 5 heteroatoms. The molecule has 26 heavy (non-hydrogen) atoms. The Kier molecular flexibility index (Phi) is 7.45. The summed E-state index contributed by atoms with van der Waals surface area (Å²) in [5.41, 5.74) is 1.60. The fourth-order valence-electron chi connectivity index (χ4n) is 3.40. The molecule has 0 N–H and O–H groups in total. The van der Waals surface area contributed by atoms with Crippen molar-refractivity contribution in [2.75, 3.05) is 26.4 Å². The fourth-order valence-corrected chi connectivity index (χ4v) is 3.40. The molecule has 0 aromatic heterocycles. The maximum Gasteiger partial charge on any atom is 0.183 e. The summed E-state index contributed by atoms with van der Waals surface area (Å²) in [6.07, 6.45) is 5.13. The Labute approximate surface area is 156 Å². The highest BCUT2D eigenvalue weighted by molar-refractivity contribution is 5.32. The lowest BCUT2D eigenvalue weighted by atomic mass is 10.0. The van der Waals surface area contributed by atoms with Crippen LogP contribution >= 0.6 is 0 Å². The number of nitrogens with zero attached hydrogens (tertiary/aromatic N) is 1. The van der Waals surface area contributed by atoms with E-state index in [9.17, 15) is 0 Å². The molecule has 1 aromatic rings. The van der Waals surface area contributed by atoms with Crippen molar-refractivity contribution in [3.05, 3.63) is 35.4 Å². The summed E-state index contributed by atoms with van der Waals surface area (Å²) >= 11 is 0. The van der Waals surface area contributed by atoms with E-state index in [1.54, 1.807) is 12.1 Å². The van der Waals surface area contributed by atoms with Crippen molar-refractivity contribution >= 4 is 0 Å². The van der Waals surface area contributed by atoms with Gasteiger partial charge in [-0.15, -0.1) is 0 Å². The highest BCUT2D eigenvalue weighted by Gasteiger charge is 2.26. The van der Waals surface area contributed by atoms with E-state index in [1.807, 2.05) is 12.1 Å². The molecule has 2 aliphatic heterocycles. The van der Waals surface area contributed by atoms with Gasteiger partial charge in [0.2, 0.25) is 0 Å². The van der Waals surface area contributed by atoms with E-state index in [2.05, 4.69) is 13.0 Å². The molecule has 5 nitrogen and oxygen atoms in total. The Morgan fingerprint density at radius 1 is 0.885 bits per heavy atom. The standard InChI is InChI=1S/C21H29NO4/c1-2-3-4-17-12-23-20(24-13-17)10-7-18-14-25-21(26-15-18)19-8-5-16(11-22)6-9-19/h5-6,8-9,17-18,20-21H,2-4,7,10,12-15H2,1H3/t17-,18?,20-,21?. The van der Waals surface area contributed by atoms with Gasteiger partial charge < -0.3 is 18.9 Å². The fraction of sp³-hybridized carbons (Fsp3) is 0.667. The van der Waals surface area contributed by atoms with Gasteiger partial charge in [0.05, 0.1) is 38.1 Å². The van der Waals surface area contributed by atoms with E-state index >= 15 is 0 Å². The van der Waals surface area contributed by atoms with E-state index in [1.165, 1.54) is 19.3 Å². The van der Waals surface area contributed by atoms with Gasteiger partial charge in [-0.3, -0.25) is 0 Å². The lowest BCUT2D eigenvalue weighted by Crippen LogP contribution is -2.33. The van der Waals surface area contributed by atoms with Gasteiger partial charge in [0.25, 0.3) is 0 Å². The average molecular weight is 359 g/mol. The van der Waals surface area contributed by atoms with Crippen LogP contribution < -0.4 is 0 Å². The SMILES string of the molecule is CCCC[C@H]1CO[C@H](CCC2COC(c3ccc(C#N)cc3)OC2)OC1. The van der Waals surface area contributed by atoms with E-state index < -0.39 is 0 Å². The first-order chi connectivity index (χ1) is 12.8. The molecule has 0 amide bonds. The molecule has 0 radical (unpaired) electrons. The number of ether oxygens (including phenoxy) is 4. The first-order valence-electron chi connectivity index (χ1n) is 9.75. The number of hydrogen-bond acceptors (Lipinski definition) is 5. The molecule has 2 saturated heterocycles. The van der Waals surface area contributed by atoms with Crippen LogP contribution in [0.4, 0.5) is 0 Å². The monoisotopic (exact) mass is 359 g/mol. The van der Waals surface area contributed by atoms with Crippen molar-refractivity contribution in [1.82, 2.24) is 0 Å². The van der Waals surface area contributed by atoms with Crippen molar-refractivity contribution in [2.45, 2.75) is 51.6 Å². The van der Waals surface area contributed by atoms with Crippen molar-refractivity contribution < 1.29 is 18.9 Å². The second-order valence-corrected chi connectivity index (χ2v) is 7.28. The van der Waals surface area contributed by atoms with E-state index in [-0.39, 0.29) is 12.6 Å². The molecule has 0 bridgehead atoms. The lowest BCUT2D eigenvalue weighted by Gasteiger charge is -2.32. The summed E-state index contributed by atoms with van der Waals surface area (Å²) in [6, 6.07) is 9.48. The molecule has 3 rings (SSSR count). The topological polar surface area (TPSA) is 60.7 Å². The number of hydrogen-bond donors (Lipinski definition) is 0. The van der Waals surface area contributed by atoms with Crippen LogP contribution in [0.25, 0.3) is 0 Å². The Hall–Kier alpha value is -1.45. The maximum absolute atomic E-state index is 8.86. The van der Waals surface area contributed by atoms with Crippen molar-refractivity contribution in [1.29, 1.82) is 5.26 Å². The molecule has 0 atom stereocenters. The highest BCUT2D eigenvalue weighted by atomic mass is 16.7. The summed E-state index contributed by atoms with van der Waals surface area (Å²) < 4.78 is 23.5. The molecular weight excluding hydrogens is 330 g/mol. The summed E-state index contributed by atoms with van der Waals surface area (Å²) in [7, 11) is 0. The van der Waals surface area contributed by atoms with Crippen LogP contribution in [-0.2, 0) is 18.9 Å². The van der Waals surface area contributed by atoms with Crippen LogP contribution in [0.15, 0.2) is 24.3 Å². The lowest BCUT2D eigenvalue weighted by molar-refractivity contribution is -0.220. The molecule has 2 heterocycles. The Bertz CT molecular complexity index is 567. The van der Waals surface area contributed by atoms with E-state index in [4.69, 9.17) is 24.2 Å². The highest BCUT2D eigenvalue weighted by Crippen LogP contribution is 2.28. The smallest absolute Gasteiger partial charge is 0.183 e. The number of nitriles is 1. The first kappa shape index (κ1) is 19.3. The number of unbranched alkanes of at least 4 members (excludes halogenated alkanes) is 1. The molecule has 0 spiro atoms. The largest absolute Gasteiger partial charge is 0.352 e. The van der Waals surface area contributed by atoms with Crippen LogP contribution in [0.5, 0.6) is 0 Å². The first-order valence-corrected chi connectivity index (χ1v) is 9.75. The normalized spacial score (nSPS) is 29.2. The van der Waals surface area contributed by atoms with Crippen LogP contribution in [0, 0.1) is 23.2 Å². The average Bonchev–Trinajstić information content (AvgIpc) is 2.72. The van der Waals surface area contributed by atoms with Gasteiger partial charge in [-0.25, -0.2) is 0 Å². The van der Waals surface area contributed by atoms with E-state index in [0.717, 1.165) is 31.6 Å². The molecule has 0 aliphatic carbocycles. The number of benzene rings is 1. The minimum atomic E-state index is -0.333. The predicted molar refractivity (Wildman–Crippen MR) is 97.2 cm³/mol. The third-order valence-corrected chi connectivity index (χ3v) is 5.09. The zero-order valence-corrected chi connectivity index (χ0v) is 15.6. The van der Waals surface area contributed by atoms with Crippen molar-refractivity contribution in [2.24, 2.45) is 11.8 Å². The van der Waals surface area contributed by atoms with Crippen LogP contribution in [0.1, 0.15) is 56.4 Å². The summed E-state index contributed by atoms with van der Waals surface area (Å²) in [6.45, 7) is 5.22. The Balaban J connectivity index is 1.34. The zero-order chi connectivity index (χ0) is 18.2. The maximum atomic E-state index is 8.86. The molecule has 2 fully saturated rings. The number of rotatable bonds is 7. The second kappa shape index (κ2) is 10.0. The Morgan fingerprint density at radius 3 is 2.12 bits per heavy atom. The molecule has 1 aromatic carbocycles. The molecule has 2 aliphatic rings. The minimum Gasteiger partial charge on any atom is -0.352 e. The quantitative estimate of drug-likeness (QED) is 0.731. The van der Waals surface area contributed by atoms with Crippen molar-refractivity contribution in [3.63, 3.8) is 0 Å². The third kappa shape index (κ3) is 5.52. The van der Waals surface area contributed by atoms with Crippen molar-refractivity contribution in [3.8, 4) is 6.07 Å². The van der Waals surface area contributed by atoms with E-state index in [0.29, 0.717) is 30.6 Å². The van der Waals surface area contributed by atoms with Crippen LogP contribution in [0.3, 0.4) is 0 Å². The van der Waals surface area contributed by atoms with Gasteiger partial charge in [0.1, 0.15) is 0 Å². The molecule has 142 valence electrons. The summed E-state index contributed by atoms with van der Waals surface area (Å²) in [5.74, 6) is 0.926. The molecule has 0 saturated carbocycles. The predicted octanol–water partition coefficient (Wildman–Crippen LogP) is 4.18. The van der Waals surface area contributed by atoms with Crippen LogP contribution in [0.2, 0.25) is 0 Å². The summed E-state index contributed by atoms with van der Waals surface area (Å²) in [4.78, 5) is 0. The molecular formula is C21H29NO4. The van der Waals surface area contributed by atoms with Gasteiger partial charge in [0.15, 0.2) is 12.6 Å².